The molecule has 0 saturated heterocycles. The van der Waals surface area contributed by atoms with Crippen molar-refractivity contribution in [3.63, 3.8) is 0 Å². The van der Waals surface area contributed by atoms with Crippen LogP contribution >= 0.6 is 23.4 Å². The first-order valence-electron chi connectivity index (χ1n) is 8.51. The number of hydrogen-bond donors (Lipinski definition) is 0. The molecule has 4 aromatic rings. The van der Waals surface area contributed by atoms with Crippen LogP contribution in [-0.4, -0.2) is 19.7 Å². The van der Waals surface area contributed by atoms with Crippen LogP contribution in [0, 0.1) is 6.92 Å². The summed E-state index contributed by atoms with van der Waals surface area (Å²) in [6, 6.07) is 20.0. The van der Waals surface area contributed by atoms with Gasteiger partial charge in [-0.25, -0.2) is 0 Å². The van der Waals surface area contributed by atoms with E-state index < -0.39 is 0 Å². The molecule has 4 nitrogen and oxygen atoms in total. The van der Waals surface area contributed by atoms with Gasteiger partial charge in [-0.2, -0.15) is 0 Å². The Morgan fingerprint density at radius 3 is 2.41 bits per heavy atom. The second-order valence-electron chi connectivity index (χ2n) is 6.07. The lowest BCUT2D eigenvalue weighted by Crippen LogP contribution is -2.00. The quantitative estimate of drug-likeness (QED) is 0.415. The fourth-order valence-electron chi connectivity index (χ4n) is 2.79. The zero-order valence-electron chi connectivity index (χ0n) is 14.7. The predicted molar refractivity (Wildman–Crippen MR) is 110 cm³/mol. The molecule has 0 N–H and O–H groups in total. The third kappa shape index (κ3) is 3.89. The first kappa shape index (κ1) is 17.8. The minimum atomic E-state index is 0.700. The van der Waals surface area contributed by atoms with Crippen LogP contribution in [0.25, 0.3) is 17.1 Å². The summed E-state index contributed by atoms with van der Waals surface area (Å²) in [5.41, 5.74) is 4.51. The second kappa shape index (κ2) is 7.94. The lowest BCUT2D eigenvalue weighted by Gasteiger charge is -2.11. The van der Waals surface area contributed by atoms with Crippen molar-refractivity contribution in [1.29, 1.82) is 0 Å². The molecule has 2 aromatic heterocycles. The SMILES string of the molecule is Cc1ccccc1CSc1nnc(-c2ccncc2)n1-c1ccc(Cl)cc1. The van der Waals surface area contributed by atoms with E-state index in [0.717, 1.165) is 28.0 Å². The maximum atomic E-state index is 6.07. The highest BCUT2D eigenvalue weighted by molar-refractivity contribution is 7.98. The molecule has 0 aliphatic heterocycles. The van der Waals surface area contributed by atoms with E-state index in [1.807, 2.05) is 36.4 Å². The first-order valence-corrected chi connectivity index (χ1v) is 9.88. The Kier molecular flexibility index (Phi) is 5.23. The third-order valence-electron chi connectivity index (χ3n) is 4.27. The van der Waals surface area contributed by atoms with E-state index in [1.165, 1.54) is 11.1 Å². The van der Waals surface area contributed by atoms with Gasteiger partial charge in [0, 0.05) is 34.4 Å². The largest absolute Gasteiger partial charge is 0.270 e. The Morgan fingerprint density at radius 1 is 0.926 bits per heavy atom. The first-order chi connectivity index (χ1) is 13.2. The van der Waals surface area contributed by atoms with Crippen molar-refractivity contribution in [2.75, 3.05) is 0 Å². The zero-order chi connectivity index (χ0) is 18.6. The van der Waals surface area contributed by atoms with Crippen LogP contribution in [0.15, 0.2) is 78.2 Å². The van der Waals surface area contributed by atoms with Gasteiger partial charge in [-0.1, -0.05) is 47.6 Å². The van der Waals surface area contributed by atoms with Crippen LogP contribution in [0.3, 0.4) is 0 Å². The van der Waals surface area contributed by atoms with E-state index in [9.17, 15) is 0 Å². The summed E-state index contributed by atoms with van der Waals surface area (Å²) in [5.74, 6) is 1.61. The second-order valence-corrected chi connectivity index (χ2v) is 7.45. The van der Waals surface area contributed by atoms with Gasteiger partial charge in [0.2, 0.25) is 0 Å². The van der Waals surface area contributed by atoms with Crippen molar-refractivity contribution >= 4 is 23.4 Å². The van der Waals surface area contributed by atoms with Gasteiger partial charge in [0.1, 0.15) is 0 Å². The number of benzene rings is 2. The molecule has 0 aliphatic carbocycles. The summed E-state index contributed by atoms with van der Waals surface area (Å²) < 4.78 is 2.06. The van der Waals surface area contributed by atoms with Crippen LogP contribution in [-0.2, 0) is 5.75 Å². The number of halogens is 1. The number of hydrogen-bond acceptors (Lipinski definition) is 4. The Hall–Kier alpha value is -2.63. The van der Waals surface area contributed by atoms with Gasteiger partial charge in [-0.15, -0.1) is 10.2 Å². The van der Waals surface area contributed by atoms with Gasteiger partial charge in [-0.05, 0) is 54.4 Å². The van der Waals surface area contributed by atoms with Gasteiger partial charge >= 0.3 is 0 Å². The van der Waals surface area contributed by atoms with Crippen molar-refractivity contribution in [1.82, 2.24) is 19.7 Å². The standard InChI is InChI=1S/C21H17ClN4S/c1-15-4-2-3-5-17(15)14-27-21-25-24-20(16-10-12-23-13-11-16)26(21)19-8-6-18(22)7-9-19/h2-13H,14H2,1H3. The fourth-order valence-corrected chi connectivity index (χ4v) is 3.94. The van der Waals surface area contributed by atoms with Crippen molar-refractivity contribution in [3.8, 4) is 17.1 Å². The summed E-state index contributed by atoms with van der Waals surface area (Å²) in [7, 11) is 0. The molecule has 6 heteroatoms. The van der Waals surface area contributed by atoms with Gasteiger partial charge in [0.25, 0.3) is 0 Å². The maximum Gasteiger partial charge on any atom is 0.196 e. The van der Waals surface area contributed by atoms with Gasteiger partial charge < -0.3 is 0 Å². The van der Waals surface area contributed by atoms with Crippen molar-refractivity contribution in [2.24, 2.45) is 0 Å². The van der Waals surface area contributed by atoms with E-state index in [0.29, 0.717) is 5.02 Å². The molecule has 4 rings (SSSR count). The number of nitrogens with zero attached hydrogens (tertiary/aromatic N) is 4. The highest BCUT2D eigenvalue weighted by atomic mass is 35.5. The molecule has 0 bridgehead atoms. The summed E-state index contributed by atoms with van der Waals surface area (Å²) in [6.45, 7) is 2.13. The van der Waals surface area contributed by atoms with Crippen LogP contribution in [0.5, 0.6) is 0 Å². The van der Waals surface area contributed by atoms with E-state index >= 15 is 0 Å². The van der Waals surface area contributed by atoms with Crippen LogP contribution < -0.4 is 0 Å². The molecule has 0 atom stereocenters. The molecule has 0 amide bonds. The Bertz CT molecular complexity index is 1050. The minimum absolute atomic E-state index is 0.700. The Balaban J connectivity index is 1.74. The number of aromatic nitrogens is 4. The predicted octanol–water partition coefficient (Wildman–Crippen LogP) is 5.58. The highest BCUT2D eigenvalue weighted by Crippen LogP contribution is 2.30. The smallest absolute Gasteiger partial charge is 0.196 e. The highest BCUT2D eigenvalue weighted by Gasteiger charge is 2.16. The molecule has 0 aliphatic rings. The van der Waals surface area contributed by atoms with Gasteiger partial charge in [0.05, 0.1) is 0 Å². The molecule has 0 spiro atoms. The maximum absolute atomic E-state index is 6.07. The van der Waals surface area contributed by atoms with Crippen molar-refractivity contribution in [2.45, 2.75) is 17.8 Å². The van der Waals surface area contributed by atoms with Gasteiger partial charge in [0.15, 0.2) is 11.0 Å². The summed E-state index contributed by atoms with van der Waals surface area (Å²) in [4.78, 5) is 4.10. The van der Waals surface area contributed by atoms with Crippen LogP contribution in [0.4, 0.5) is 0 Å². The van der Waals surface area contributed by atoms with Crippen LogP contribution in [0.2, 0.25) is 5.02 Å². The Labute approximate surface area is 167 Å². The molecule has 27 heavy (non-hydrogen) atoms. The number of pyridine rings is 1. The molecule has 0 fully saturated rings. The summed E-state index contributed by atoms with van der Waals surface area (Å²) in [6.07, 6.45) is 3.52. The van der Waals surface area contributed by atoms with Gasteiger partial charge in [-0.3, -0.25) is 9.55 Å². The lowest BCUT2D eigenvalue weighted by atomic mass is 10.1. The third-order valence-corrected chi connectivity index (χ3v) is 5.50. The van der Waals surface area contributed by atoms with E-state index in [2.05, 4.69) is 50.9 Å². The molecule has 2 aromatic carbocycles. The summed E-state index contributed by atoms with van der Waals surface area (Å²) in [5, 5.41) is 10.5. The van der Waals surface area contributed by atoms with E-state index in [4.69, 9.17) is 11.6 Å². The molecular weight excluding hydrogens is 376 g/mol. The topological polar surface area (TPSA) is 43.6 Å². The zero-order valence-corrected chi connectivity index (χ0v) is 16.3. The normalized spacial score (nSPS) is 10.9. The van der Waals surface area contributed by atoms with Crippen molar-refractivity contribution in [3.05, 3.63) is 89.2 Å². The summed E-state index contributed by atoms with van der Waals surface area (Å²) >= 11 is 7.74. The monoisotopic (exact) mass is 392 g/mol. The lowest BCUT2D eigenvalue weighted by molar-refractivity contribution is 0.886. The molecule has 0 radical (unpaired) electrons. The molecule has 134 valence electrons. The van der Waals surface area contributed by atoms with Crippen molar-refractivity contribution < 1.29 is 0 Å². The molecule has 0 unspecified atom stereocenters. The minimum Gasteiger partial charge on any atom is -0.270 e. The molecule has 2 heterocycles. The van der Waals surface area contributed by atoms with E-state index in [-0.39, 0.29) is 0 Å². The average molecular weight is 393 g/mol. The Morgan fingerprint density at radius 2 is 1.67 bits per heavy atom. The fraction of sp³-hybridized carbons (Fsp3) is 0.0952. The van der Waals surface area contributed by atoms with Crippen LogP contribution in [0.1, 0.15) is 11.1 Å². The molecular formula is C21H17ClN4S. The molecule has 0 saturated carbocycles. The number of aryl methyl sites for hydroxylation is 1. The average Bonchev–Trinajstić information content (AvgIpc) is 3.12. The van der Waals surface area contributed by atoms with E-state index in [1.54, 1.807) is 24.2 Å². The number of thioether (sulfide) groups is 1. The number of rotatable bonds is 5.